The Bertz CT molecular complexity index is 380. The number of anilines is 1. The average molecular weight is 209 g/mol. The van der Waals surface area contributed by atoms with Gasteiger partial charge in [-0.2, -0.15) is 4.90 Å². The number of aryl methyl sites for hydroxylation is 2. The highest BCUT2D eigenvalue weighted by Gasteiger charge is 2.24. The highest BCUT2D eigenvalue weighted by atomic mass is 16.4. The Hall–Kier alpha value is -2.04. The molecule has 0 aliphatic rings. The van der Waals surface area contributed by atoms with Crippen molar-refractivity contribution >= 4 is 17.9 Å². The molecule has 0 fully saturated rings. The van der Waals surface area contributed by atoms with Gasteiger partial charge in [0.2, 0.25) is 0 Å². The molecule has 0 heterocycles. The molecule has 5 nitrogen and oxygen atoms in total. The van der Waals surface area contributed by atoms with Crippen LogP contribution in [0.3, 0.4) is 0 Å². The molecule has 0 bridgehead atoms. The van der Waals surface area contributed by atoms with Gasteiger partial charge in [-0.3, -0.25) is 0 Å². The molecule has 1 aromatic rings. The fourth-order valence-electron chi connectivity index (χ4n) is 1.43. The van der Waals surface area contributed by atoms with Crippen LogP contribution in [0.25, 0.3) is 0 Å². The van der Waals surface area contributed by atoms with Crippen LogP contribution in [0.5, 0.6) is 0 Å². The number of nitrogens with zero attached hydrogens (tertiary/aromatic N) is 1. The van der Waals surface area contributed by atoms with E-state index in [0.717, 1.165) is 0 Å². The molecule has 2 amide bonds. The Kier molecular flexibility index (Phi) is 2.94. The largest absolute Gasteiger partial charge is 0.464 e. The lowest BCUT2D eigenvalue weighted by molar-refractivity contribution is 0.184. The molecule has 0 unspecified atom stereocenters. The van der Waals surface area contributed by atoms with Crippen LogP contribution in [0.15, 0.2) is 18.2 Å². The molecule has 80 valence electrons. The average Bonchev–Trinajstić information content (AvgIpc) is 2.09. The number of hydrogen-bond acceptors (Lipinski definition) is 2. The smallest absolute Gasteiger partial charge is 0.421 e. The monoisotopic (exact) mass is 209 g/mol. The van der Waals surface area contributed by atoms with Crippen LogP contribution in [-0.2, 0) is 0 Å². The van der Waals surface area contributed by atoms with Crippen LogP contribution in [0.1, 0.15) is 11.1 Å². The summed E-state index contributed by atoms with van der Waals surface area (Å²) >= 11 is 0. The minimum absolute atomic E-state index is 0.206. The number of amides is 2. The first-order valence-electron chi connectivity index (χ1n) is 4.27. The molecule has 0 saturated heterocycles. The molecule has 0 atom stereocenters. The lowest BCUT2D eigenvalue weighted by Crippen LogP contribution is -2.35. The van der Waals surface area contributed by atoms with Gasteiger partial charge >= 0.3 is 12.2 Å². The van der Waals surface area contributed by atoms with Gasteiger partial charge in [0.05, 0.1) is 5.69 Å². The summed E-state index contributed by atoms with van der Waals surface area (Å²) in [4.78, 5) is 21.9. The van der Waals surface area contributed by atoms with E-state index in [1.54, 1.807) is 32.0 Å². The zero-order valence-electron chi connectivity index (χ0n) is 8.39. The van der Waals surface area contributed by atoms with Gasteiger partial charge in [0.15, 0.2) is 0 Å². The summed E-state index contributed by atoms with van der Waals surface area (Å²) < 4.78 is 0. The van der Waals surface area contributed by atoms with Crippen molar-refractivity contribution in [2.24, 2.45) is 0 Å². The lowest BCUT2D eigenvalue weighted by Gasteiger charge is -2.18. The second-order valence-corrected chi connectivity index (χ2v) is 3.14. The van der Waals surface area contributed by atoms with E-state index < -0.39 is 12.2 Å². The Balaban J connectivity index is 3.35. The molecule has 0 aromatic heterocycles. The number of imide groups is 1. The third kappa shape index (κ3) is 2.07. The molecule has 0 aliphatic carbocycles. The van der Waals surface area contributed by atoms with Crippen molar-refractivity contribution in [1.82, 2.24) is 0 Å². The summed E-state index contributed by atoms with van der Waals surface area (Å²) in [6, 6.07) is 5.08. The summed E-state index contributed by atoms with van der Waals surface area (Å²) in [5.74, 6) is 0. The fourth-order valence-corrected chi connectivity index (χ4v) is 1.43. The van der Waals surface area contributed by atoms with Crippen LogP contribution in [0.4, 0.5) is 15.3 Å². The maximum Gasteiger partial charge on any atom is 0.421 e. The van der Waals surface area contributed by atoms with E-state index >= 15 is 0 Å². The Morgan fingerprint density at radius 2 is 1.47 bits per heavy atom. The van der Waals surface area contributed by atoms with Gasteiger partial charge in [0.1, 0.15) is 0 Å². The van der Waals surface area contributed by atoms with Gasteiger partial charge < -0.3 is 10.2 Å². The van der Waals surface area contributed by atoms with E-state index in [2.05, 4.69) is 0 Å². The minimum Gasteiger partial charge on any atom is -0.464 e. The van der Waals surface area contributed by atoms with Gasteiger partial charge in [0, 0.05) is 0 Å². The van der Waals surface area contributed by atoms with E-state index in [0.29, 0.717) is 16.0 Å². The number of carbonyl (C=O) groups is 2. The number of benzene rings is 1. The number of para-hydroxylation sites is 1. The van der Waals surface area contributed by atoms with Crippen LogP contribution in [0.2, 0.25) is 0 Å². The van der Waals surface area contributed by atoms with E-state index in [1.807, 2.05) is 0 Å². The Morgan fingerprint density at radius 1 is 1.07 bits per heavy atom. The van der Waals surface area contributed by atoms with Crippen molar-refractivity contribution in [2.75, 3.05) is 4.90 Å². The fraction of sp³-hybridized carbons (Fsp3) is 0.200. The third-order valence-electron chi connectivity index (χ3n) is 2.05. The zero-order chi connectivity index (χ0) is 11.6. The van der Waals surface area contributed by atoms with E-state index in [9.17, 15) is 9.59 Å². The predicted octanol–water partition coefficient (Wildman–Crippen LogP) is 2.47. The summed E-state index contributed by atoms with van der Waals surface area (Å²) in [5, 5.41) is 17.6. The van der Waals surface area contributed by atoms with Crippen LogP contribution in [-0.4, -0.2) is 22.4 Å². The number of hydrogen-bond donors (Lipinski definition) is 2. The first-order chi connectivity index (χ1) is 6.95. The van der Waals surface area contributed by atoms with E-state index in [4.69, 9.17) is 10.2 Å². The molecular weight excluding hydrogens is 198 g/mol. The van der Waals surface area contributed by atoms with Gasteiger partial charge in [-0.25, -0.2) is 9.59 Å². The van der Waals surface area contributed by atoms with Crippen molar-refractivity contribution < 1.29 is 19.8 Å². The quantitative estimate of drug-likeness (QED) is 0.744. The van der Waals surface area contributed by atoms with Crippen LogP contribution < -0.4 is 4.90 Å². The molecule has 0 saturated carbocycles. The molecule has 2 N–H and O–H groups in total. The molecular formula is C10H11NO4. The summed E-state index contributed by atoms with van der Waals surface area (Å²) in [7, 11) is 0. The van der Waals surface area contributed by atoms with Crippen LogP contribution in [0, 0.1) is 13.8 Å². The number of carboxylic acid groups (broad SMARTS) is 2. The highest BCUT2D eigenvalue weighted by Crippen LogP contribution is 2.24. The molecule has 1 rings (SSSR count). The minimum atomic E-state index is -1.50. The Labute approximate surface area is 86.6 Å². The van der Waals surface area contributed by atoms with Crippen molar-refractivity contribution in [3.63, 3.8) is 0 Å². The first-order valence-corrected chi connectivity index (χ1v) is 4.27. The standard InChI is InChI=1S/C10H11NO4/c1-6-4-3-5-7(2)8(6)11(9(12)13)10(14)15/h3-5H,1-2H3,(H,12,13)(H,14,15). The van der Waals surface area contributed by atoms with Gasteiger partial charge in [-0.15, -0.1) is 0 Å². The number of rotatable bonds is 1. The van der Waals surface area contributed by atoms with E-state index in [1.165, 1.54) is 0 Å². The maximum atomic E-state index is 10.8. The molecule has 0 aliphatic heterocycles. The summed E-state index contributed by atoms with van der Waals surface area (Å²) in [5.41, 5.74) is 1.43. The molecule has 15 heavy (non-hydrogen) atoms. The SMILES string of the molecule is Cc1cccc(C)c1N(C(=O)O)C(=O)O. The van der Waals surface area contributed by atoms with Crippen LogP contribution >= 0.6 is 0 Å². The predicted molar refractivity (Wildman–Crippen MR) is 54.4 cm³/mol. The van der Waals surface area contributed by atoms with Crippen molar-refractivity contribution in [1.29, 1.82) is 0 Å². The van der Waals surface area contributed by atoms with Gasteiger partial charge in [-0.05, 0) is 25.0 Å². The third-order valence-corrected chi connectivity index (χ3v) is 2.05. The van der Waals surface area contributed by atoms with Crippen molar-refractivity contribution in [3.05, 3.63) is 29.3 Å². The summed E-state index contributed by atoms with van der Waals surface area (Å²) in [6.45, 7) is 3.34. The highest BCUT2D eigenvalue weighted by molar-refractivity contribution is 6.08. The van der Waals surface area contributed by atoms with Gasteiger partial charge in [0.25, 0.3) is 0 Å². The zero-order valence-corrected chi connectivity index (χ0v) is 8.39. The lowest BCUT2D eigenvalue weighted by atomic mass is 10.1. The first kappa shape index (κ1) is 11.0. The van der Waals surface area contributed by atoms with Gasteiger partial charge in [-0.1, -0.05) is 18.2 Å². The van der Waals surface area contributed by atoms with E-state index in [-0.39, 0.29) is 5.69 Å². The van der Waals surface area contributed by atoms with Crippen molar-refractivity contribution in [3.8, 4) is 0 Å². The molecule has 1 aromatic carbocycles. The second-order valence-electron chi connectivity index (χ2n) is 3.14. The Morgan fingerprint density at radius 3 is 1.80 bits per heavy atom. The molecule has 0 radical (unpaired) electrons. The normalized spacial score (nSPS) is 9.73. The molecule has 0 spiro atoms. The van der Waals surface area contributed by atoms with Crippen molar-refractivity contribution in [2.45, 2.75) is 13.8 Å². The topological polar surface area (TPSA) is 77.8 Å². The summed E-state index contributed by atoms with van der Waals surface area (Å²) in [6.07, 6.45) is -3.00. The maximum absolute atomic E-state index is 10.8. The molecule has 5 heteroatoms. The second kappa shape index (κ2) is 4.00.